The van der Waals surface area contributed by atoms with Crippen LogP contribution in [0, 0.1) is 5.92 Å². The fourth-order valence-corrected chi connectivity index (χ4v) is 2.35. The summed E-state index contributed by atoms with van der Waals surface area (Å²) in [6.45, 7) is 6.00. The second-order valence-electron chi connectivity index (χ2n) is 5.09. The van der Waals surface area contributed by atoms with Crippen molar-refractivity contribution in [2.24, 2.45) is 10.9 Å². The van der Waals surface area contributed by atoms with E-state index in [-0.39, 0.29) is 0 Å². The number of nitrogens with one attached hydrogen (secondary N) is 2. The van der Waals surface area contributed by atoms with Crippen molar-refractivity contribution in [2.75, 3.05) is 46.3 Å². The number of barbiturate groups is 1. The molecule has 0 aliphatic carbocycles. The van der Waals surface area contributed by atoms with E-state index in [1.165, 1.54) is 18.2 Å². The monoisotopic (exact) mass is 283 g/mol. The number of hydrogen-bond acceptors (Lipinski definition) is 4. The van der Waals surface area contributed by atoms with Crippen LogP contribution in [0.4, 0.5) is 4.79 Å². The summed E-state index contributed by atoms with van der Waals surface area (Å²) in [6.07, 6.45) is 1.36. The van der Waals surface area contributed by atoms with Gasteiger partial charge in [-0.1, -0.05) is 0 Å². The summed E-state index contributed by atoms with van der Waals surface area (Å²) in [6, 6.07) is -0.682. The molecule has 0 aromatic carbocycles. The summed E-state index contributed by atoms with van der Waals surface area (Å²) in [5.41, 5.74) is 0. The summed E-state index contributed by atoms with van der Waals surface area (Å²) in [5.74, 6) is -2.11. The Labute approximate surface area is 117 Å². The maximum Gasteiger partial charge on any atom is 0.330 e. The molecule has 1 atom stereocenters. The number of amides is 4. The molecule has 0 spiro atoms. The van der Waals surface area contributed by atoms with Gasteiger partial charge in [0.25, 0.3) is 0 Å². The van der Waals surface area contributed by atoms with E-state index in [1.807, 2.05) is 0 Å². The maximum atomic E-state index is 11.8. The Morgan fingerprint density at radius 3 is 2.80 bits per heavy atom. The van der Waals surface area contributed by atoms with E-state index >= 15 is 0 Å². The molecule has 8 heteroatoms. The largest absolute Gasteiger partial charge is 0.337 e. The number of piperazine rings is 1. The van der Waals surface area contributed by atoms with Crippen LogP contribution in [0.5, 0.6) is 0 Å². The highest BCUT2D eigenvalue weighted by Gasteiger charge is 2.37. The van der Waals surface area contributed by atoms with Gasteiger partial charge < -0.3 is 10.2 Å². The van der Waals surface area contributed by atoms with Crippen molar-refractivity contribution in [3.63, 3.8) is 0 Å². The predicted molar refractivity (Wildman–Crippen MR) is 70.4 cm³/mol. The normalized spacial score (nSPS) is 25.4. The van der Waals surface area contributed by atoms with Crippen molar-refractivity contribution in [1.29, 1.82) is 0 Å². The number of aliphatic imine (C=N–C) groups is 1. The average molecular weight is 283 g/mol. The van der Waals surface area contributed by atoms with E-state index in [9.17, 15) is 14.4 Å². The molecule has 0 aromatic heterocycles. The first kappa shape index (κ1) is 14.6. The van der Waals surface area contributed by atoms with Gasteiger partial charge in [0.2, 0.25) is 11.8 Å². The summed E-state index contributed by atoms with van der Waals surface area (Å²) in [7, 11) is 1.35. The fraction of sp³-hybridized carbons (Fsp3) is 0.667. The minimum Gasteiger partial charge on any atom is -0.337 e. The zero-order valence-electron chi connectivity index (χ0n) is 11.6. The zero-order valence-corrected chi connectivity index (χ0v) is 11.6. The van der Waals surface area contributed by atoms with Gasteiger partial charge in [0.15, 0.2) is 5.92 Å². The SMILES string of the molecule is CN1C(=O)NC(=O)[C@@H](C=NCC[NH+]2CC[NH2+]CC2)C1=O. The van der Waals surface area contributed by atoms with Gasteiger partial charge in [-0.2, -0.15) is 0 Å². The molecule has 0 radical (unpaired) electrons. The second-order valence-corrected chi connectivity index (χ2v) is 5.09. The molecule has 2 fully saturated rings. The topological polar surface area (TPSA) is 99.9 Å². The van der Waals surface area contributed by atoms with Crippen LogP contribution in [-0.2, 0) is 9.59 Å². The Kier molecular flexibility index (Phi) is 4.80. The molecule has 0 saturated carbocycles. The molecule has 0 aromatic rings. The third kappa shape index (κ3) is 3.40. The lowest BCUT2D eigenvalue weighted by atomic mass is 10.1. The minimum absolute atomic E-state index is 0.526. The summed E-state index contributed by atoms with van der Waals surface area (Å²) in [4.78, 5) is 41.2. The Morgan fingerprint density at radius 2 is 2.10 bits per heavy atom. The van der Waals surface area contributed by atoms with Gasteiger partial charge in [-0.3, -0.25) is 24.8 Å². The number of hydrogen-bond donors (Lipinski definition) is 3. The van der Waals surface area contributed by atoms with E-state index < -0.39 is 23.8 Å². The number of urea groups is 1. The summed E-state index contributed by atoms with van der Waals surface area (Å²) in [5, 5.41) is 4.42. The van der Waals surface area contributed by atoms with Crippen LogP contribution in [0.2, 0.25) is 0 Å². The van der Waals surface area contributed by atoms with Gasteiger partial charge in [-0.05, 0) is 0 Å². The van der Waals surface area contributed by atoms with Crippen LogP contribution in [0.25, 0.3) is 0 Å². The van der Waals surface area contributed by atoms with E-state index in [0.29, 0.717) is 6.54 Å². The lowest BCUT2D eigenvalue weighted by Crippen LogP contribution is -3.20. The highest BCUT2D eigenvalue weighted by molar-refractivity contribution is 6.23. The number of nitrogens with zero attached hydrogens (tertiary/aromatic N) is 2. The highest BCUT2D eigenvalue weighted by atomic mass is 16.2. The molecule has 2 saturated heterocycles. The molecule has 2 rings (SSSR count). The summed E-state index contributed by atoms with van der Waals surface area (Å²) < 4.78 is 0. The first-order valence-corrected chi connectivity index (χ1v) is 6.87. The van der Waals surface area contributed by atoms with Crippen LogP contribution in [0.3, 0.4) is 0 Å². The Bertz CT molecular complexity index is 431. The van der Waals surface area contributed by atoms with Gasteiger partial charge >= 0.3 is 6.03 Å². The molecule has 110 valence electrons. The zero-order chi connectivity index (χ0) is 14.5. The molecule has 4 N–H and O–H groups in total. The standard InChI is InChI=1S/C12H19N5O3/c1-16-11(19)9(10(18)15-12(16)20)8-14-4-7-17-5-2-13-3-6-17/h8-9,13H,2-7H2,1H3,(H,15,18,20)/p+2/t9-/m1/s1. The van der Waals surface area contributed by atoms with E-state index in [1.54, 1.807) is 0 Å². The van der Waals surface area contributed by atoms with Crippen molar-refractivity contribution in [3.8, 4) is 0 Å². The highest BCUT2D eigenvalue weighted by Crippen LogP contribution is 2.06. The first-order valence-electron chi connectivity index (χ1n) is 6.87. The Morgan fingerprint density at radius 1 is 1.40 bits per heavy atom. The Balaban J connectivity index is 1.82. The number of quaternary nitrogens is 2. The van der Waals surface area contributed by atoms with Crippen LogP contribution < -0.4 is 15.5 Å². The number of imide groups is 2. The van der Waals surface area contributed by atoms with Gasteiger partial charge in [-0.15, -0.1) is 0 Å². The smallest absolute Gasteiger partial charge is 0.330 e. The molecule has 20 heavy (non-hydrogen) atoms. The second kappa shape index (κ2) is 6.58. The van der Waals surface area contributed by atoms with Crippen LogP contribution in [0.1, 0.15) is 0 Å². The quantitative estimate of drug-likeness (QED) is 0.361. The number of rotatable bonds is 4. The van der Waals surface area contributed by atoms with Gasteiger partial charge in [0.1, 0.15) is 26.2 Å². The van der Waals surface area contributed by atoms with Crippen LogP contribution in [0.15, 0.2) is 4.99 Å². The number of nitrogens with two attached hydrogens (primary N) is 1. The minimum atomic E-state index is -0.984. The van der Waals surface area contributed by atoms with Crippen LogP contribution >= 0.6 is 0 Å². The lowest BCUT2D eigenvalue weighted by Gasteiger charge is -2.25. The van der Waals surface area contributed by atoms with E-state index in [2.05, 4.69) is 15.6 Å². The van der Waals surface area contributed by atoms with Crippen LogP contribution in [-0.4, -0.2) is 75.3 Å². The third-order valence-corrected chi connectivity index (χ3v) is 3.67. The molecular weight excluding hydrogens is 262 g/mol. The number of carbonyl (C=O) groups excluding carboxylic acids is 3. The average Bonchev–Trinajstić information content (AvgIpc) is 2.45. The number of carbonyl (C=O) groups is 3. The summed E-state index contributed by atoms with van der Waals surface area (Å²) >= 11 is 0. The van der Waals surface area contributed by atoms with Crippen molar-refractivity contribution < 1.29 is 24.6 Å². The van der Waals surface area contributed by atoms with Crippen molar-refractivity contribution in [3.05, 3.63) is 0 Å². The van der Waals surface area contributed by atoms with Gasteiger partial charge in [0, 0.05) is 13.3 Å². The molecule has 8 nitrogen and oxygen atoms in total. The molecule has 0 bridgehead atoms. The molecule has 4 amide bonds. The van der Waals surface area contributed by atoms with E-state index in [4.69, 9.17) is 0 Å². The molecule has 2 aliphatic heterocycles. The van der Waals surface area contributed by atoms with E-state index in [0.717, 1.165) is 37.6 Å². The predicted octanol–water partition coefficient (Wildman–Crippen LogP) is -4.16. The van der Waals surface area contributed by atoms with Gasteiger partial charge in [0.05, 0.1) is 13.1 Å². The fourth-order valence-electron chi connectivity index (χ4n) is 2.35. The maximum absolute atomic E-state index is 11.8. The lowest BCUT2D eigenvalue weighted by molar-refractivity contribution is -0.945. The van der Waals surface area contributed by atoms with Gasteiger partial charge in [-0.25, -0.2) is 4.79 Å². The first-order chi connectivity index (χ1) is 9.59. The van der Waals surface area contributed by atoms with Crippen molar-refractivity contribution in [1.82, 2.24) is 10.2 Å². The van der Waals surface area contributed by atoms with Crippen molar-refractivity contribution in [2.45, 2.75) is 0 Å². The third-order valence-electron chi connectivity index (χ3n) is 3.67. The molecule has 2 heterocycles. The molecular formula is C12H21N5O3+2. The molecule has 2 aliphatic rings. The Hall–Kier alpha value is -1.80. The van der Waals surface area contributed by atoms with Crippen molar-refractivity contribution >= 4 is 24.1 Å². The molecule has 0 unspecified atom stereocenters.